The average molecular weight is 477 g/mol. The van der Waals surface area contributed by atoms with Gasteiger partial charge in [-0.15, -0.1) is 0 Å². The number of carbonyl (C=O) groups is 1. The van der Waals surface area contributed by atoms with Crippen LogP contribution in [-0.2, 0) is 12.8 Å². The second kappa shape index (κ2) is 10.3. The molecule has 0 saturated carbocycles. The van der Waals surface area contributed by atoms with Crippen LogP contribution in [0.1, 0.15) is 21.5 Å². The summed E-state index contributed by atoms with van der Waals surface area (Å²) in [5.74, 6) is 0.632. The highest BCUT2D eigenvalue weighted by Crippen LogP contribution is 2.31. The van der Waals surface area contributed by atoms with Crippen molar-refractivity contribution in [2.45, 2.75) is 12.8 Å². The number of halogens is 3. The minimum Gasteiger partial charge on any atom is -0.496 e. The third-order valence-electron chi connectivity index (χ3n) is 5.35. The van der Waals surface area contributed by atoms with Crippen LogP contribution in [0.15, 0.2) is 97.1 Å². The van der Waals surface area contributed by atoms with Crippen molar-refractivity contribution in [1.29, 1.82) is 0 Å². The van der Waals surface area contributed by atoms with E-state index in [9.17, 15) is 18.0 Å². The topological polar surface area (TPSA) is 47.6 Å². The number of rotatable bonds is 7. The number of hydrogen-bond acceptors (Lipinski definition) is 3. The summed E-state index contributed by atoms with van der Waals surface area (Å²) in [5, 5.41) is 2.51. The lowest BCUT2D eigenvalue weighted by molar-refractivity contribution is -0.137. The van der Waals surface area contributed by atoms with E-state index < -0.39 is 17.6 Å². The van der Waals surface area contributed by atoms with Crippen LogP contribution in [0.25, 0.3) is 11.1 Å². The van der Waals surface area contributed by atoms with Crippen LogP contribution >= 0.6 is 0 Å². The highest BCUT2D eigenvalue weighted by Gasteiger charge is 2.30. The molecule has 0 spiro atoms. The molecule has 0 atom stereocenters. The molecule has 7 heteroatoms. The molecule has 4 aromatic rings. The maximum atomic E-state index is 13.0. The van der Waals surface area contributed by atoms with E-state index in [2.05, 4.69) is 5.32 Å². The zero-order chi connectivity index (χ0) is 24.8. The number of alkyl halides is 3. The third-order valence-corrected chi connectivity index (χ3v) is 5.35. The van der Waals surface area contributed by atoms with Gasteiger partial charge < -0.3 is 14.8 Å². The van der Waals surface area contributed by atoms with E-state index in [1.54, 1.807) is 18.2 Å². The van der Waals surface area contributed by atoms with Gasteiger partial charge in [-0.2, -0.15) is 13.2 Å². The summed E-state index contributed by atoms with van der Waals surface area (Å²) < 4.78 is 50.1. The molecule has 0 aliphatic carbocycles. The number of methoxy groups -OCH3 is 1. The zero-order valence-electron chi connectivity index (χ0n) is 18.8. The molecule has 0 radical (unpaired) electrons. The molecule has 0 heterocycles. The molecule has 178 valence electrons. The minimum atomic E-state index is -4.50. The Morgan fingerprint density at radius 1 is 0.829 bits per heavy atom. The predicted octanol–water partition coefficient (Wildman–Crippen LogP) is 7.21. The summed E-state index contributed by atoms with van der Waals surface area (Å²) in [4.78, 5) is 12.7. The zero-order valence-corrected chi connectivity index (χ0v) is 18.8. The van der Waals surface area contributed by atoms with Gasteiger partial charge in [0.25, 0.3) is 5.91 Å². The van der Waals surface area contributed by atoms with Crippen molar-refractivity contribution in [2.75, 3.05) is 12.4 Å². The van der Waals surface area contributed by atoms with Crippen molar-refractivity contribution >= 4 is 11.6 Å². The van der Waals surface area contributed by atoms with Gasteiger partial charge in [-0.25, -0.2) is 0 Å². The lowest BCUT2D eigenvalue weighted by Crippen LogP contribution is -2.14. The molecule has 0 bridgehead atoms. The molecule has 4 rings (SSSR count). The van der Waals surface area contributed by atoms with Crippen LogP contribution in [-0.4, -0.2) is 13.0 Å². The van der Waals surface area contributed by atoms with Gasteiger partial charge in [0.2, 0.25) is 0 Å². The Bertz CT molecular complexity index is 1300. The molecule has 4 nitrogen and oxygen atoms in total. The molecule has 0 saturated heterocycles. The molecular formula is C28H22F3NO3. The maximum Gasteiger partial charge on any atom is 0.416 e. The first kappa shape index (κ1) is 23.9. The molecule has 0 unspecified atom stereocenters. The Labute approximate surface area is 200 Å². The smallest absolute Gasteiger partial charge is 0.416 e. The lowest BCUT2D eigenvalue weighted by Gasteiger charge is -2.13. The molecule has 4 aromatic carbocycles. The summed E-state index contributed by atoms with van der Waals surface area (Å²) in [5.41, 5.74) is 2.26. The van der Waals surface area contributed by atoms with Crippen molar-refractivity contribution in [3.63, 3.8) is 0 Å². The van der Waals surface area contributed by atoms with E-state index in [1.165, 1.54) is 19.2 Å². The molecule has 1 amide bonds. The number of benzene rings is 4. The van der Waals surface area contributed by atoms with Gasteiger partial charge in [0.1, 0.15) is 18.1 Å². The molecule has 0 aliphatic rings. The fourth-order valence-electron chi connectivity index (χ4n) is 3.54. The molecular weight excluding hydrogens is 455 g/mol. The lowest BCUT2D eigenvalue weighted by atomic mass is 10.1. The van der Waals surface area contributed by atoms with Crippen molar-refractivity contribution < 1.29 is 27.4 Å². The highest BCUT2D eigenvalue weighted by atomic mass is 19.4. The Morgan fingerprint density at radius 3 is 2.23 bits per heavy atom. The number of hydrogen-bond donors (Lipinski definition) is 1. The summed E-state index contributed by atoms with van der Waals surface area (Å²) >= 11 is 0. The Kier molecular flexibility index (Phi) is 7.06. The second-order valence-corrected chi connectivity index (χ2v) is 7.74. The van der Waals surface area contributed by atoms with Crippen LogP contribution in [0.2, 0.25) is 0 Å². The largest absolute Gasteiger partial charge is 0.496 e. The van der Waals surface area contributed by atoms with Crippen molar-refractivity contribution in [3.05, 3.63) is 114 Å². The van der Waals surface area contributed by atoms with Crippen molar-refractivity contribution in [3.8, 4) is 22.6 Å². The third kappa shape index (κ3) is 6.00. The van der Waals surface area contributed by atoms with E-state index in [1.807, 2.05) is 54.6 Å². The van der Waals surface area contributed by atoms with E-state index in [0.29, 0.717) is 17.1 Å². The van der Waals surface area contributed by atoms with Gasteiger partial charge in [0.05, 0.1) is 12.7 Å². The number of anilines is 1. The van der Waals surface area contributed by atoms with Gasteiger partial charge in [-0.1, -0.05) is 48.5 Å². The molecule has 0 fully saturated rings. The second-order valence-electron chi connectivity index (χ2n) is 7.74. The number of ether oxygens (including phenoxy) is 2. The van der Waals surface area contributed by atoms with Crippen LogP contribution < -0.4 is 14.8 Å². The Hall–Kier alpha value is -4.26. The normalized spacial score (nSPS) is 11.1. The van der Waals surface area contributed by atoms with E-state index in [4.69, 9.17) is 9.47 Å². The van der Waals surface area contributed by atoms with Crippen LogP contribution in [0.3, 0.4) is 0 Å². The number of carbonyl (C=O) groups excluding carboxylic acids is 1. The van der Waals surface area contributed by atoms with Crippen LogP contribution in [0.5, 0.6) is 11.5 Å². The van der Waals surface area contributed by atoms with Crippen LogP contribution in [0, 0.1) is 0 Å². The van der Waals surface area contributed by atoms with Gasteiger partial charge in [-0.3, -0.25) is 4.79 Å². The molecule has 1 N–H and O–H groups in total. The van der Waals surface area contributed by atoms with Crippen LogP contribution in [0.4, 0.5) is 18.9 Å². The quantitative estimate of drug-likeness (QED) is 0.306. The monoisotopic (exact) mass is 477 g/mol. The first-order valence-corrected chi connectivity index (χ1v) is 10.8. The first-order chi connectivity index (χ1) is 16.8. The molecule has 35 heavy (non-hydrogen) atoms. The van der Waals surface area contributed by atoms with Gasteiger partial charge in [0, 0.05) is 16.8 Å². The Balaban J connectivity index is 1.46. The predicted molar refractivity (Wildman–Crippen MR) is 129 cm³/mol. The Morgan fingerprint density at radius 2 is 1.54 bits per heavy atom. The summed E-state index contributed by atoms with van der Waals surface area (Å²) in [7, 11) is 1.51. The number of nitrogens with one attached hydrogen (secondary N) is 1. The van der Waals surface area contributed by atoms with E-state index in [-0.39, 0.29) is 17.9 Å². The highest BCUT2D eigenvalue weighted by molar-refractivity contribution is 6.04. The SMILES string of the molecule is COc1ccc(C(=O)Nc2cccc(C(F)(F)F)c2)cc1COc1ccc(-c2ccccc2)cc1. The standard InChI is InChI=1S/C28H22F3NO3/c1-34-26-15-12-21(27(33)32-24-9-5-8-23(17-24)28(29,30)31)16-22(26)18-35-25-13-10-20(11-14-25)19-6-3-2-4-7-19/h2-17H,18H2,1H3,(H,32,33). The van der Waals surface area contributed by atoms with Gasteiger partial charge >= 0.3 is 6.18 Å². The summed E-state index contributed by atoms with van der Waals surface area (Å²) in [6.07, 6.45) is -4.50. The fourth-order valence-corrected chi connectivity index (χ4v) is 3.54. The van der Waals surface area contributed by atoms with Gasteiger partial charge in [0.15, 0.2) is 0 Å². The van der Waals surface area contributed by atoms with E-state index in [0.717, 1.165) is 23.3 Å². The summed E-state index contributed by atoms with van der Waals surface area (Å²) in [6.45, 7) is 0.137. The van der Waals surface area contributed by atoms with Gasteiger partial charge in [-0.05, 0) is 59.7 Å². The first-order valence-electron chi connectivity index (χ1n) is 10.8. The number of amides is 1. The van der Waals surface area contributed by atoms with Crippen molar-refractivity contribution in [2.24, 2.45) is 0 Å². The van der Waals surface area contributed by atoms with E-state index >= 15 is 0 Å². The van der Waals surface area contributed by atoms with Crippen molar-refractivity contribution in [1.82, 2.24) is 0 Å². The molecule has 0 aliphatic heterocycles. The average Bonchev–Trinajstić information content (AvgIpc) is 2.88. The minimum absolute atomic E-state index is 0.0527. The molecule has 0 aromatic heterocycles. The fraction of sp³-hybridized carbons (Fsp3) is 0.107. The maximum absolute atomic E-state index is 13.0. The summed E-state index contributed by atoms with van der Waals surface area (Å²) in [6, 6.07) is 26.8.